The Bertz CT molecular complexity index is 567. The fourth-order valence-corrected chi connectivity index (χ4v) is 4.32. The van der Waals surface area contributed by atoms with E-state index in [0.717, 1.165) is 32.6 Å². The normalized spacial score (nSPS) is 27.9. The molecule has 0 saturated carbocycles. The first-order chi connectivity index (χ1) is 10.7. The number of carbonyl (C=O) groups excluding carboxylic acids is 1. The first-order valence-electron chi connectivity index (χ1n) is 8.56. The van der Waals surface area contributed by atoms with Crippen LogP contribution in [0.1, 0.15) is 24.8 Å². The molecule has 0 aliphatic carbocycles. The molecular weight excluding hydrogens is 274 g/mol. The molecule has 1 aromatic carbocycles. The molecule has 1 amide bonds. The molecule has 0 aromatic heterocycles. The third kappa shape index (κ3) is 2.50. The van der Waals surface area contributed by atoms with Gasteiger partial charge in [-0.1, -0.05) is 12.1 Å². The summed E-state index contributed by atoms with van der Waals surface area (Å²) in [6.45, 7) is 6.88. The van der Waals surface area contributed by atoms with Gasteiger partial charge in [-0.2, -0.15) is 0 Å². The van der Waals surface area contributed by atoms with E-state index in [4.69, 9.17) is 0 Å². The largest absolute Gasteiger partial charge is 0.365 e. The molecule has 4 nitrogen and oxygen atoms in total. The Morgan fingerprint density at radius 2 is 2.00 bits per heavy atom. The first kappa shape index (κ1) is 14.1. The summed E-state index contributed by atoms with van der Waals surface area (Å²) >= 11 is 0. The van der Waals surface area contributed by atoms with Gasteiger partial charge in [0, 0.05) is 24.8 Å². The van der Waals surface area contributed by atoms with Crippen LogP contribution in [0.5, 0.6) is 0 Å². The summed E-state index contributed by atoms with van der Waals surface area (Å²) in [5.41, 5.74) is 2.63. The number of fused-ring (bicyclic) bond motifs is 2. The van der Waals surface area contributed by atoms with Crippen molar-refractivity contribution in [3.8, 4) is 0 Å². The van der Waals surface area contributed by atoms with Gasteiger partial charge in [-0.3, -0.25) is 9.69 Å². The molecular formula is C18H25N3O. The predicted octanol–water partition coefficient (Wildman–Crippen LogP) is 1.88. The molecule has 2 unspecified atom stereocenters. The number of aryl methyl sites for hydroxylation is 1. The van der Waals surface area contributed by atoms with Crippen LogP contribution in [-0.2, 0) is 4.79 Å². The highest BCUT2D eigenvalue weighted by atomic mass is 16.2. The van der Waals surface area contributed by atoms with Crippen LogP contribution < -0.4 is 4.90 Å². The molecule has 3 aliphatic heterocycles. The quantitative estimate of drug-likeness (QED) is 0.852. The molecule has 118 valence electrons. The lowest BCUT2D eigenvalue weighted by molar-refractivity contribution is -0.133. The summed E-state index contributed by atoms with van der Waals surface area (Å²) in [7, 11) is 0. The van der Waals surface area contributed by atoms with Crippen LogP contribution in [0, 0.1) is 6.92 Å². The van der Waals surface area contributed by atoms with Crippen molar-refractivity contribution in [1.29, 1.82) is 0 Å². The lowest BCUT2D eigenvalue weighted by Gasteiger charge is -2.36. The summed E-state index contributed by atoms with van der Waals surface area (Å²) in [5, 5.41) is 0. The molecule has 0 N–H and O–H groups in total. The second-order valence-electron chi connectivity index (χ2n) is 7.06. The Balaban J connectivity index is 1.40. The number of rotatable bonds is 3. The van der Waals surface area contributed by atoms with E-state index in [-0.39, 0.29) is 0 Å². The number of piperazine rings is 1. The van der Waals surface area contributed by atoms with Gasteiger partial charge in [-0.05, 0) is 57.0 Å². The van der Waals surface area contributed by atoms with Crippen LogP contribution in [0.25, 0.3) is 0 Å². The minimum absolute atomic E-state index is 0.346. The lowest BCUT2D eigenvalue weighted by atomic mass is 10.2. The summed E-state index contributed by atoms with van der Waals surface area (Å²) in [6, 6.07) is 9.66. The Morgan fingerprint density at radius 3 is 2.68 bits per heavy atom. The van der Waals surface area contributed by atoms with Crippen LogP contribution in [-0.4, -0.2) is 60.5 Å². The monoisotopic (exact) mass is 299 g/mol. The standard InChI is InChI=1S/C18H25N3O/c1-14-5-4-6-15(9-14)20-11-17-10-16(20)12-21(17)18(22)13-19-7-2-3-8-19/h4-6,9,16-17H,2-3,7-8,10-13H2,1H3. The minimum atomic E-state index is 0.346. The molecule has 2 atom stereocenters. The fourth-order valence-electron chi connectivity index (χ4n) is 4.32. The molecule has 4 rings (SSSR count). The van der Waals surface area contributed by atoms with Gasteiger partial charge in [0.2, 0.25) is 5.91 Å². The Kier molecular flexibility index (Phi) is 3.57. The zero-order valence-electron chi connectivity index (χ0n) is 13.4. The maximum Gasteiger partial charge on any atom is 0.237 e. The summed E-state index contributed by atoms with van der Waals surface area (Å²) in [4.78, 5) is 19.5. The topological polar surface area (TPSA) is 26.8 Å². The molecule has 3 saturated heterocycles. The van der Waals surface area contributed by atoms with Gasteiger partial charge in [0.15, 0.2) is 0 Å². The number of anilines is 1. The van der Waals surface area contributed by atoms with E-state index in [9.17, 15) is 4.79 Å². The fraction of sp³-hybridized carbons (Fsp3) is 0.611. The number of amides is 1. The van der Waals surface area contributed by atoms with Gasteiger partial charge in [0.25, 0.3) is 0 Å². The number of carbonyl (C=O) groups is 1. The van der Waals surface area contributed by atoms with Crippen LogP contribution in [0.4, 0.5) is 5.69 Å². The van der Waals surface area contributed by atoms with Crippen molar-refractivity contribution < 1.29 is 4.79 Å². The van der Waals surface area contributed by atoms with E-state index in [1.54, 1.807) is 0 Å². The van der Waals surface area contributed by atoms with Gasteiger partial charge in [0.05, 0.1) is 12.6 Å². The number of hydrogen-bond acceptors (Lipinski definition) is 3. The maximum absolute atomic E-state index is 12.6. The summed E-state index contributed by atoms with van der Waals surface area (Å²) in [6.07, 6.45) is 3.64. The predicted molar refractivity (Wildman–Crippen MR) is 88.1 cm³/mol. The van der Waals surface area contributed by atoms with Crippen LogP contribution in [0.3, 0.4) is 0 Å². The number of likely N-dealkylation sites (tertiary alicyclic amines) is 2. The third-order valence-corrected chi connectivity index (χ3v) is 5.45. The first-order valence-corrected chi connectivity index (χ1v) is 8.56. The molecule has 3 fully saturated rings. The van der Waals surface area contributed by atoms with Crippen molar-refractivity contribution >= 4 is 11.6 Å². The Morgan fingerprint density at radius 1 is 1.18 bits per heavy atom. The molecule has 0 spiro atoms. The summed E-state index contributed by atoms with van der Waals surface area (Å²) in [5.74, 6) is 0.346. The molecule has 4 heteroatoms. The van der Waals surface area contributed by atoms with Crippen LogP contribution in [0.15, 0.2) is 24.3 Å². The van der Waals surface area contributed by atoms with Crippen molar-refractivity contribution in [3.63, 3.8) is 0 Å². The number of nitrogens with zero attached hydrogens (tertiary/aromatic N) is 3. The van der Waals surface area contributed by atoms with Gasteiger partial charge >= 0.3 is 0 Å². The van der Waals surface area contributed by atoms with Gasteiger partial charge in [0.1, 0.15) is 0 Å². The summed E-state index contributed by atoms with van der Waals surface area (Å²) < 4.78 is 0. The van der Waals surface area contributed by atoms with Crippen LogP contribution in [0.2, 0.25) is 0 Å². The van der Waals surface area contributed by atoms with Crippen molar-refractivity contribution in [3.05, 3.63) is 29.8 Å². The van der Waals surface area contributed by atoms with E-state index in [0.29, 0.717) is 24.5 Å². The number of hydrogen-bond donors (Lipinski definition) is 0. The Hall–Kier alpha value is -1.55. The maximum atomic E-state index is 12.6. The number of benzene rings is 1. The second-order valence-corrected chi connectivity index (χ2v) is 7.06. The molecule has 3 aliphatic rings. The highest BCUT2D eigenvalue weighted by molar-refractivity contribution is 5.79. The minimum Gasteiger partial charge on any atom is -0.365 e. The zero-order valence-corrected chi connectivity index (χ0v) is 13.4. The Labute approximate surface area is 132 Å². The van der Waals surface area contributed by atoms with E-state index >= 15 is 0 Å². The zero-order chi connectivity index (χ0) is 15.1. The van der Waals surface area contributed by atoms with E-state index in [1.807, 2.05) is 0 Å². The molecule has 0 radical (unpaired) electrons. The van der Waals surface area contributed by atoms with E-state index in [2.05, 4.69) is 45.9 Å². The smallest absolute Gasteiger partial charge is 0.237 e. The molecule has 2 bridgehead atoms. The van der Waals surface area contributed by atoms with Gasteiger partial charge < -0.3 is 9.80 Å². The third-order valence-electron chi connectivity index (χ3n) is 5.45. The molecule has 3 heterocycles. The van der Waals surface area contributed by atoms with Crippen molar-refractivity contribution in [2.24, 2.45) is 0 Å². The van der Waals surface area contributed by atoms with Crippen molar-refractivity contribution in [2.45, 2.75) is 38.3 Å². The van der Waals surface area contributed by atoms with Crippen LogP contribution >= 0.6 is 0 Å². The second kappa shape index (κ2) is 5.58. The van der Waals surface area contributed by atoms with Gasteiger partial charge in [-0.25, -0.2) is 0 Å². The average Bonchev–Trinajstić information content (AvgIpc) is 3.23. The highest BCUT2D eigenvalue weighted by Gasteiger charge is 2.45. The lowest BCUT2D eigenvalue weighted by Crippen LogP contribution is -2.51. The molecule has 1 aromatic rings. The van der Waals surface area contributed by atoms with E-state index < -0.39 is 0 Å². The van der Waals surface area contributed by atoms with E-state index in [1.165, 1.54) is 24.1 Å². The average molecular weight is 299 g/mol. The molecule has 22 heavy (non-hydrogen) atoms. The van der Waals surface area contributed by atoms with Gasteiger partial charge in [-0.15, -0.1) is 0 Å². The van der Waals surface area contributed by atoms with Crippen molar-refractivity contribution in [2.75, 3.05) is 37.6 Å². The highest BCUT2D eigenvalue weighted by Crippen LogP contribution is 2.34. The van der Waals surface area contributed by atoms with Crippen molar-refractivity contribution in [1.82, 2.24) is 9.80 Å². The SMILES string of the molecule is Cc1cccc(N2CC3CC2CN3C(=O)CN2CCCC2)c1.